The van der Waals surface area contributed by atoms with Crippen LogP contribution in [0, 0.1) is 27.9 Å². The van der Waals surface area contributed by atoms with Crippen LogP contribution in [0.25, 0.3) is 0 Å². The second kappa shape index (κ2) is 31.0. The number of carbonyl (C=O) groups is 5. The maximum atomic E-state index is 14.2. The van der Waals surface area contributed by atoms with Crippen LogP contribution in [0.3, 0.4) is 0 Å². The van der Waals surface area contributed by atoms with Crippen molar-refractivity contribution in [3.05, 3.63) is 65.4 Å². The van der Waals surface area contributed by atoms with Gasteiger partial charge in [0.1, 0.15) is 23.9 Å². The molecule has 1 saturated heterocycles. The molecular formula is C49H81N7O11S2. The number of hydrogen-bond donors (Lipinski definition) is 3. The van der Waals surface area contributed by atoms with Crippen molar-refractivity contribution in [1.82, 2.24) is 30.3 Å². The molecule has 1 aliphatic heterocycles. The highest BCUT2D eigenvalue weighted by Gasteiger charge is 2.42. The molecule has 5 amide bonds. The van der Waals surface area contributed by atoms with Gasteiger partial charge < -0.3 is 39.8 Å². The largest absolute Gasteiger partial charge is 0.448 e. The lowest BCUT2D eigenvalue weighted by Crippen LogP contribution is -2.56. The molecule has 2 heterocycles. The highest BCUT2D eigenvalue weighted by atomic mass is 33.1. The molecule has 2 rings (SSSR count). The molecule has 0 radical (unpaired) electrons. The maximum Gasteiger partial charge on any atom is 0.410 e. The minimum atomic E-state index is -1.01. The van der Waals surface area contributed by atoms with Gasteiger partial charge in [0.2, 0.25) is 23.6 Å². The molecule has 1 aliphatic rings. The average Bonchev–Trinajstić information content (AvgIpc) is 3.80. The third-order valence-electron chi connectivity index (χ3n) is 11.9. The number of rotatable bonds is 27. The molecule has 9 atom stereocenters. The first-order valence-corrected chi connectivity index (χ1v) is 25.7. The first-order valence-electron chi connectivity index (χ1n) is 23.6. The van der Waals surface area contributed by atoms with E-state index >= 15 is 0 Å². The number of likely N-dealkylation sites (N-methyl/N-ethyl adjacent to an activating group) is 2. The van der Waals surface area contributed by atoms with Gasteiger partial charge in [-0.25, -0.2) is 9.78 Å². The zero-order valence-electron chi connectivity index (χ0n) is 43.4. The number of ether oxygens (including phenoxy) is 3. The predicted octanol–water partition coefficient (Wildman–Crippen LogP) is 7.22. The van der Waals surface area contributed by atoms with Gasteiger partial charge in [-0.15, -0.1) is 0 Å². The van der Waals surface area contributed by atoms with Crippen LogP contribution in [0.15, 0.2) is 60.3 Å². The Hall–Kier alpha value is -4.50. The second-order valence-corrected chi connectivity index (χ2v) is 21.2. The van der Waals surface area contributed by atoms with Gasteiger partial charge in [0, 0.05) is 40.9 Å². The fourth-order valence-electron chi connectivity index (χ4n) is 7.95. The van der Waals surface area contributed by atoms with Crippen molar-refractivity contribution in [3.8, 4) is 0 Å². The van der Waals surface area contributed by atoms with Crippen molar-refractivity contribution >= 4 is 57.0 Å². The van der Waals surface area contributed by atoms with Crippen LogP contribution in [0.1, 0.15) is 101 Å². The van der Waals surface area contributed by atoms with E-state index in [2.05, 4.69) is 42.6 Å². The predicted molar refractivity (Wildman–Crippen MR) is 273 cm³/mol. The zero-order valence-corrected chi connectivity index (χ0v) is 45.0. The van der Waals surface area contributed by atoms with Crippen molar-refractivity contribution in [3.63, 3.8) is 0 Å². The summed E-state index contributed by atoms with van der Waals surface area (Å²) in [7, 11) is 8.73. The summed E-state index contributed by atoms with van der Waals surface area (Å²) in [5.41, 5.74) is 0.390. The van der Waals surface area contributed by atoms with Crippen molar-refractivity contribution in [1.29, 1.82) is 0 Å². The molecule has 20 heteroatoms. The van der Waals surface area contributed by atoms with Gasteiger partial charge in [-0.2, -0.15) is 0 Å². The van der Waals surface area contributed by atoms with Gasteiger partial charge in [0.05, 0.1) is 65.0 Å². The number of pyridine rings is 1. The first kappa shape index (κ1) is 62.5. The van der Waals surface area contributed by atoms with Gasteiger partial charge in [-0.1, -0.05) is 103 Å². The quantitative estimate of drug-likeness (QED) is 0.0343. The van der Waals surface area contributed by atoms with E-state index < -0.39 is 76.0 Å². The number of nitro groups is 1. The van der Waals surface area contributed by atoms with E-state index in [1.165, 1.54) is 89.6 Å². The standard InChI is InChI=1S/C46H73N7O11S2.C3H8/c1-15-19-32(17-3)41(56)31(8)49-43(57)30(7)42(63-14)34-20-18-23-52(34)37(54)24-35(62-13)40(29(6)16-2)50(11)38(55)26-48-44(58)39(28(4)5)51(12)45(59)64-27-46(9,10)66-65-36-22-21-33(25-47-36)53(60)61;1-3-2/h15,17,19,21-22,25,28-31,34-35,39-42,56H,1,3,16,18,20,23-24,26-27H2,2,4-14H3,(H,48,58)(H,49,57);3H2,1-2H3/b32-19+;. The summed E-state index contributed by atoms with van der Waals surface area (Å²) in [6, 6.07) is 0.309. The van der Waals surface area contributed by atoms with Gasteiger partial charge in [-0.05, 0) is 67.9 Å². The number of likely N-dealkylation sites (tertiary alicyclic amines) is 1. The topological polar surface area (TPSA) is 223 Å². The summed E-state index contributed by atoms with van der Waals surface area (Å²) in [4.78, 5) is 87.4. The number of hydrogen-bond acceptors (Lipinski definition) is 14. The summed E-state index contributed by atoms with van der Waals surface area (Å²) in [5.74, 6) is -2.68. The summed E-state index contributed by atoms with van der Waals surface area (Å²) >= 11 is 0. The third kappa shape index (κ3) is 19.3. The number of aliphatic hydroxyl groups is 1. The molecule has 69 heavy (non-hydrogen) atoms. The molecule has 390 valence electrons. The van der Waals surface area contributed by atoms with E-state index in [1.807, 2.05) is 27.7 Å². The Kier molecular flexibility index (Phi) is 28.1. The zero-order chi connectivity index (χ0) is 52.8. The molecule has 0 spiro atoms. The minimum absolute atomic E-state index is 0.0179. The van der Waals surface area contributed by atoms with Crippen LogP contribution in [0.2, 0.25) is 0 Å². The molecule has 1 aromatic heterocycles. The smallest absolute Gasteiger partial charge is 0.410 e. The number of amides is 5. The van der Waals surface area contributed by atoms with Crippen molar-refractivity contribution in [2.75, 3.05) is 48.0 Å². The molecule has 0 aromatic carbocycles. The van der Waals surface area contributed by atoms with Crippen LogP contribution >= 0.6 is 21.6 Å². The molecule has 18 nitrogen and oxygen atoms in total. The third-order valence-corrected chi connectivity index (χ3v) is 15.1. The molecule has 0 saturated carbocycles. The normalized spacial score (nSPS) is 17.4. The van der Waals surface area contributed by atoms with Crippen LogP contribution in [0.4, 0.5) is 10.5 Å². The van der Waals surface area contributed by atoms with E-state index in [4.69, 9.17) is 14.2 Å². The first-order chi connectivity index (χ1) is 32.4. The van der Waals surface area contributed by atoms with E-state index in [9.17, 15) is 39.2 Å². The van der Waals surface area contributed by atoms with Crippen LogP contribution in [-0.4, -0.2) is 155 Å². The Morgan fingerprint density at radius 3 is 2.19 bits per heavy atom. The van der Waals surface area contributed by atoms with E-state index in [1.54, 1.807) is 45.7 Å². The number of allylic oxidation sites excluding steroid dienone is 2. The van der Waals surface area contributed by atoms with Gasteiger partial charge in [-0.3, -0.25) is 34.2 Å². The fourth-order valence-corrected chi connectivity index (χ4v) is 9.96. The molecule has 1 fully saturated rings. The van der Waals surface area contributed by atoms with Crippen LogP contribution < -0.4 is 10.6 Å². The summed E-state index contributed by atoms with van der Waals surface area (Å²) in [5, 5.41) is 27.9. The van der Waals surface area contributed by atoms with E-state index in [0.717, 1.165) is 0 Å². The average molecular weight is 1010 g/mol. The fraction of sp³-hybridized carbons (Fsp3) is 0.673. The Bertz CT molecular complexity index is 1870. The molecular weight excluding hydrogens is 927 g/mol. The van der Waals surface area contributed by atoms with Crippen molar-refractivity contribution < 1.29 is 48.2 Å². The van der Waals surface area contributed by atoms with Crippen LogP contribution in [-0.2, 0) is 33.4 Å². The van der Waals surface area contributed by atoms with Gasteiger partial charge in [0.25, 0.3) is 5.69 Å². The SMILES string of the molecule is C=C/C=C(\C=C)C(O)C(C)NC(=O)C(C)C(OC)C1CCCN1C(=O)CC(OC)C(C(C)CC)N(C)C(=O)CNC(=O)C(C(C)C)N(C)C(=O)OCC(C)(C)SSc1ccc([N+](=O)[O-])cn1.CCC. The lowest BCUT2D eigenvalue weighted by atomic mass is 9.90. The maximum absolute atomic E-state index is 14.2. The van der Waals surface area contributed by atoms with Crippen molar-refractivity contribution in [2.24, 2.45) is 17.8 Å². The summed E-state index contributed by atoms with van der Waals surface area (Å²) in [6.45, 7) is 26.3. The van der Waals surface area contributed by atoms with Crippen LogP contribution in [0.5, 0.6) is 0 Å². The molecule has 9 unspecified atom stereocenters. The molecule has 0 bridgehead atoms. The van der Waals surface area contributed by atoms with Gasteiger partial charge >= 0.3 is 6.09 Å². The minimum Gasteiger partial charge on any atom is -0.448 e. The highest BCUT2D eigenvalue weighted by molar-refractivity contribution is 8.77. The van der Waals surface area contributed by atoms with E-state index in [-0.39, 0.29) is 48.9 Å². The monoisotopic (exact) mass is 1010 g/mol. The number of nitrogens with one attached hydrogen (secondary N) is 2. The lowest BCUT2D eigenvalue weighted by Gasteiger charge is -2.39. The number of carbonyl (C=O) groups excluding carboxylic acids is 5. The second-order valence-electron chi connectivity index (χ2n) is 18.3. The summed E-state index contributed by atoms with van der Waals surface area (Å²) in [6.07, 6.45) is 5.87. The van der Waals surface area contributed by atoms with E-state index in [0.29, 0.717) is 36.4 Å². The summed E-state index contributed by atoms with van der Waals surface area (Å²) < 4.78 is 16.9. The Morgan fingerprint density at radius 1 is 1.04 bits per heavy atom. The van der Waals surface area contributed by atoms with Crippen molar-refractivity contribution in [2.45, 2.75) is 154 Å². The van der Waals surface area contributed by atoms with Gasteiger partial charge in [0.15, 0.2) is 0 Å². The Labute approximate surface area is 418 Å². The Morgan fingerprint density at radius 2 is 1.68 bits per heavy atom. The number of aromatic nitrogens is 1. The Balaban J connectivity index is 0.00000772. The number of aliphatic hydroxyl groups excluding tert-OH is 1. The highest BCUT2D eigenvalue weighted by Crippen LogP contribution is 2.40. The lowest BCUT2D eigenvalue weighted by molar-refractivity contribution is -0.385. The molecule has 3 N–H and O–H groups in total. The number of methoxy groups -OCH3 is 2. The molecule has 1 aromatic rings. The number of nitrogens with zero attached hydrogens (tertiary/aromatic N) is 5. The molecule has 0 aliphatic carbocycles.